The molecule has 1 aliphatic rings. The molecule has 0 saturated carbocycles. The number of benzene rings is 8. The van der Waals surface area contributed by atoms with Crippen LogP contribution in [0.4, 0.5) is 34.1 Å². The molecule has 4 nitrogen and oxygen atoms in total. The average Bonchev–Trinajstić information content (AvgIpc) is 3.78. The maximum atomic E-state index is 6.05. The first kappa shape index (κ1) is 40.0. The van der Waals surface area contributed by atoms with E-state index < -0.39 is 0 Å². The van der Waals surface area contributed by atoms with Crippen molar-refractivity contribution in [3.63, 3.8) is 0 Å². The molecule has 0 bridgehead atoms. The number of hydrogen-bond acceptors (Lipinski definition) is 4. The monoisotopic (exact) mass is 769 g/mol. The molecule has 0 N–H and O–H groups in total. The molecule has 0 amide bonds. The fourth-order valence-corrected chi connectivity index (χ4v) is 7.60. The highest BCUT2D eigenvalue weighted by atomic mass is 16.3. The summed E-state index contributed by atoms with van der Waals surface area (Å²) in [5.74, 6) is 0.630. The quantitative estimate of drug-likeness (QED) is 0.169. The molecule has 8 aromatic carbocycles. The van der Waals surface area contributed by atoms with Gasteiger partial charge in [-0.15, -0.1) is 0 Å². The highest BCUT2D eigenvalue weighted by molar-refractivity contribution is 6.01. The Kier molecular flexibility index (Phi) is 12.8. The van der Waals surface area contributed by atoms with Crippen molar-refractivity contribution >= 4 is 45.2 Å². The molecule has 59 heavy (non-hydrogen) atoms. The highest BCUT2D eigenvalue weighted by Gasteiger charge is 2.30. The summed E-state index contributed by atoms with van der Waals surface area (Å²) in [5.41, 5.74) is 16.4. The molecular formula is C55H51N3O. The molecule has 0 saturated heterocycles. The lowest BCUT2D eigenvalue weighted by Crippen LogP contribution is -2.23. The predicted molar refractivity (Wildman–Crippen MR) is 253 cm³/mol. The van der Waals surface area contributed by atoms with Gasteiger partial charge >= 0.3 is 0 Å². The predicted octanol–water partition coefficient (Wildman–Crippen LogP) is 16.8. The largest absolute Gasteiger partial charge is 0.436 e. The molecule has 0 radical (unpaired) electrons. The maximum Gasteiger partial charge on any atom is 0.227 e. The molecule has 0 fully saturated rings. The molecule has 10 rings (SSSR count). The summed E-state index contributed by atoms with van der Waals surface area (Å²) >= 11 is 0. The lowest BCUT2D eigenvalue weighted by molar-refractivity contribution is 0.620. The summed E-state index contributed by atoms with van der Waals surface area (Å²) in [7, 11) is 0. The van der Waals surface area contributed by atoms with Crippen LogP contribution in [-0.4, -0.2) is 4.98 Å². The third kappa shape index (κ3) is 7.90. The summed E-state index contributed by atoms with van der Waals surface area (Å²) in [4.78, 5) is 9.43. The molecule has 0 aliphatic carbocycles. The van der Waals surface area contributed by atoms with Gasteiger partial charge in [-0.3, -0.25) is 0 Å². The van der Waals surface area contributed by atoms with E-state index in [1.54, 1.807) is 0 Å². The maximum absolute atomic E-state index is 6.05. The van der Waals surface area contributed by atoms with E-state index in [0.29, 0.717) is 5.89 Å². The normalized spacial score (nSPS) is 11.2. The number of nitrogens with zero attached hydrogens (tertiary/aromatic N) is 3. The molecule has 0 atom stereocenters. The van der Waals surface area contributed by atoms with Crippen LogP contribution in [0.2, 0.25) is 0 Å². The van der Waals surface area contributed by atoms with E-state index in [4.69, 9.17) is 9.40 Å². The van der Waals surface area contributed by atoms with Crippen molar-refractivity contribution in [2.75, 3.05) is 9.80 Å². The molecule has 292 valence electrons. The molecule has 1 aliphatic heterocycles. The van der Waals surface area contributed by atoms with E-state index in [0.717, 1.165) is 61.9 Å². The number of fused-ring (bicyclic) bond motifs is 3. The zero-order valence-corrected chi connectivity index (χ0v) is 34.8. The van der Waals surface area contributed by atoms with Crippen LogP contribution in [0.25, 0.3) is 55.9 Å². The molecule has 2 heterocycles. The van der Waals surface area contributed by atoms with Gasteiger partial charge in [-0.1, -0.05) is 169 Å². The van der Waals surface area contributed by atoms with E-state index in [-0.39, 0.29) is 0 Å². The zero-order chi connectivity index (χ0) is 41.1. The van der Waals surface area contributed by atoms with Gasteiger partial charge in [0.2, 0.25) is 5.89 Å². The Labute approximate surface area is 349 Å². The number of rotatable bonds is 6. The number of aromatic nitrogens is 1. The average molecular weight is 770 g/mol. The molecule has 4 heteroatoms. The van der Waals surface area contributed by atoms with Gasteiger partial charge in [-0.05, 0) is 106 Å². The van der Waals surface area contributed by atoms with E-state index in [9.17, 15) is 0 Å². The van der Waals surface area contributed by atoms with Crippen LogP contribution in [0.1, 0.15) is 41.5 Å². The first-order chi connectivity index (χ1) is 29.3. The van der Waals surface area contributed by atoms with Crippen LogP contribution >= 0.6 is 0 Å². The highest BCUT2D eigenvalue weighted by Crippen LogP contribution is 2.54. The third-order valence-electron chi connectivity index (χ3n) is 10.1. The Morgan fingerprint density at radius 2 is 0.678 bits per heavy atom. The van der Waals surface area contributed by atoms with Gasteiger partial charge in [-0.2, -0.15) is 0 Å². The zero-order valence-electron chi connectivity index (χ0n) is 34.8. The van der Waals surface area contributed by atoms with E-state index >= 15 is 0 Å². The Hall–Kier alpha value is -7.17. The second-order valence-corrected chi connectivity index (χ2v) is 13.2. The summed E-state index contributed by atoms with van der Waals surface area (Å²) < 4.78 is 6.05. The topological polar surface area (TPSA) is 32.5 Å². The number of para-hydroxylation sites is 7. The van der Waals surface area contributed by atoms with Gasteiger partial charge in [0.1, 0.15) is 5.52 Å². The van der Waals surface area contributed by atoms with Gasteiger partial charge in [0.25, 0.3) is 0 Å². The van der Waals surface area contributed by atoms with Crippen LogP contribution in [0.5, 0.6) is 0 Å². The fourth-order valence-electron chi connectivity index (χ4n) is 7.60. The minimum Gasteiger partial charge on any atom is -0.436 e. The first-order valence-electron chi connectivity index (χ1n) is 20.9. The van der Waals surface area contributed by atoms with Crippen LogP contribution in [0.3, 0.4) is 0 Å². The Morgan fingerprint density at radius 3 is 1.15 bits per heavy atom. The van der Waals surface area contributed by atoms with E-state index in [2.05, 4.69) is 186 Å². The SMILES string of the molecule is CC.CC.CC.c1ccc(N2c3ccccc3N(c3ccc(-c4ccccc4-c4ccccc4-c4ccc(-c5nc6ccccc6o5)cc4)cc3)c3ccccc32)cc1. The van der Waals surface area contributed by atoms with E-state index in [1.165, 1.54) is 22.3 Å². The van der Waals surface area contributed by atoms with Crippen molar-refractivity contribution in [3.8, 4) is 44.8 Å². The lowest BCUT2D eigenvalue weighted by atomic mass is 9.89. The van der Waals surface area contributed by atoms with Gasteiger partial charge < -0.3 is 14.2 Å². The van der Waals surface area contributed by atoms with Crippen molar-refractivity contribution in [1.29, 1.82) is 0 Å². The second kappa shape index (κ2) is 18.8. The molecule has 0 unspecified atom stereocenters. The van der Waals surface area contributed by atoms with Gasteiger partial charge in [0.05, 0.1) is 22.7 Å². The minimum absolute atomic E-state index is 0.630. The number of oxazole rings is 1. The first-order valence-corrected chi connectivity index (χ1v) is 20.9. The minimum atomic E-state index is 0.630. The Balaban J connectivity index is 0.000000844. The van der Waals surface area contributed by atoms with Crippen molar-refractivity contribution in [1.82, 2.24) is 4.98 Å². The fraction of sp³-hybridized carbons (Fsp3) is 0.109. The third-order valence-corrected chi connectivity index (χ3v) is 10.1. The molecule has 0 spiro atoms. The molecule has 1 aromatic heterocycles. The number of hydrogen-bond donors (Lipinski definition) is 0. The summed E-state index contributed by atoms with van der Waals surface area (Å²) in [5, 5.41) is 0. The second-order valence-electron chi connectivity index (χ2n) is 13.2. The smallest absolute Gasteiger partial charge is 0.227 e. The lowest BCUT2D eigenvalue weighted by Gasteiger charge is -2.40. The van der Waals surface area contributed by atoms with Crippen molar-refractivity contribution in [2.45, 2.75) is 41.5 Å². The summed E-state index contributed by atoms with van der Waals surface area (Å²) in [6, 6.07) is 70.6. The van der Waals surface area contributed by atoms with Crippen molar-refractivity contribution in [3.05, 3.63) is 200 Å². The van der Waals surface area contributed by atoms with Crippen LogP contribution in [-0.2, 0) is 0 Å². The Morgan fingerprint density at radius 1 is 0.322 bits per heavy atom. The number of anilines is 6. The standard InChI is InChI=1S/C49H33N3O.3C2H6/c1-2-14-37(15-3-1)51-44-21-9-11-23-46(44)52(47-24-12-10-22-45(47)51)38-32-30-35(31-33-38)40-17-5-7-19-42(40)41-18-6-4-16-39(41)34-26-28-36(29-27-34)49-50-43-20-8-13-25-48(43)53-49;3*1-2/h1-33H;3*1-2H3. The van der Waals surface area contributed by atoms with Crippen molar-refractivity contribution < 1.29 is 4.42 Å². The van der Waals surface area contributed by atoms with Crippen LogP contribution in [0, 0.1) is 0 Å². The van der Waals surface area contributed by atoms with Crippen molar-refractivity contribution in [2.24, 2.45) is 0 Å². The molecule has 9 aromatic rings. The van der Waals surface area contributed by atoms with E-state index in [1.807, 2.05) is 65.8 Å². The van der Waals surface area contributed by atoms with Crippen LogP contribution < -0.4 is 9.80 Å². The Bertz CT molecular complexity index is 2650. The summed E-state index contributed by atoms with van der Waals surface area (Å²) in [6.45, 7) is 12.0. The van der Waals surface area contributed by atoms with Crippen LogP contribution in [0.15, 0.2) is 205 Å². The van der Waals surface area contributed by atoms with Gasteiger partial charge in [-0.25, -0.2) is 4.98 Å². The van der Waals surface area contributed by atoms with Gasteiger partial charge in [0, 0.05) is 16.9 Å². The van der Waals surface area contributed by atoms with Gasteiger partial charge in [0.15, 0.2) is 5.58 Å². The summed E-state index contributed by atoms with van der Waals surface area (Å²) in [6.07, 6.45) is 0. The molecular weight excluding hydrogens is 719 g/mol.